The van der Waals surface area contributed by atoms with E-state index >= 15 is 0 Å². The Morgan fingerprint density at radius 3 is 2.53 bits per heavy atom. The summed E-state index contributed by atoms with van der Waals surface area (Å²) < 4.78 is 14.2. The number of aryl methyl sites for hydroxylation is 1. The van der Waals surface area contributed by atoms with E-state index in [9.17, 15) is 4.39 Å². The van der Waals surface area contributed by atoms with Crippen LogP contribution in [-0.4, -0.2) is 6.54 Å². The summed E-state index contributed by atoms with van der Waals surface area (Å²) in [4.78, 5) is 2.25. The summed E-state index contributed by atoms with van der Waals surface area (Å²) in [6.07, 6.45) is 0. The van der Waals surface area contributed by atoms with Gasteiger partial charge in [0.1, 0.15) is 5.82 Å². The zero-order valence-corrected chi connectivity index (χ0v) is 12.7. The lowest BCUT2D eigenvalue weighted by molar-refractivity contribution is 0.623. The van der Waals surface area contributed by atoms with Crippen LogP contribution < -0.4 is 4.90 Å². The minimum Gasteiger partial charge on any atom is -0.367 e. The first-order chi connectivity index (χ1) is 9.10. The van der Waals surface area contributed by atoms with Crippen molar-refractivity contribution < 1.29 is 4.39 Å². The Labute approximate surface area is 122 Å². The van der Waals surface area contributed by atoms with Crippen molar-refractivity contribution in [2.75, 3.05) is 11.4 Å². The van der Waals surface area contributed by atoms with E-state index in [1.807, 2.05) is 18.2 Å². The predicted octanol–water partition coefficient (Wildman–Crippen LogP) is 4.92. The van der Waals surface area contributed by atoms with Gasteiger partial charge in [-0.1, -0.05) is 34.1 Å². The van der Waals surface area contributed by atoms with Crippen molar-refractivity contribution in [1.29, 1.82) is 0 Å². The fourth-order valence-electron chi connectivity index (χ4n) is 2.21. The van der Waals surface area contributed by atoms with E-state index in [1.165, 1.54) is 17.3 Å². The molecule has 0 spiro atoms. The number of para-hydroxylation sites is 1. The first kappa shape index (κ1) is 14.1. The van der Waals surface area contributed by atoms with Gasteiger partial charge in [-0.2, -0.15) is 0 Å². The molecule has 100 valence electrons. The van der Waals surface area contributed by atoms with E-state index in [0.29, 0.717) is 6.54 Å². The standard InChI is InChI=1S/C16H17BrFN/c1-3-19(16-7-5-4-6-12(16)2)11-13-8-14(17)10-15(18)9-13/h4-10H,3,11H2,1-2H3. The van der Waals surface area contributed by atoms with E-state index in [1.54, 1.807) is 6.07 Å². The summed E-state index contributed by atoms with van der Waals surface area (Å²) >= 11 is 3.34. The number of benzene rings is 2. The van der Waals surface area contributed by atoms with Crippen LogP contribution in [0.2, 0.25) is 0 Å². The zero-order valence-electron chi connectivity index (χ0n) is 11.2. The normalized spacial score (nSPS) is 10.5. The zero-order chi connectivity index (χ0) is 13.8. The van der Waals surface area contributed by atoms with Crippen LogP contribution >= 0.6 is 15.9 Å². The molecule has 0 aliphatic carbocycles. The van der Waals surface area contributed by atoms with Gasteiger partial charge in [0.2, 0.25) is 0 Å². The van der Waals surface area contributed by atoms with Crippen molar-refractivity contribution >= 4 is 21.6 Å². The van der Waals surface area contributed by atoms with E-state index in [0.717, 1.165) is 16.6 Å². The second-order valence-electron chi connectivity index (χ2n) is 4.58. The summed E-state index contributed by atoms with van der Waals surface area (Å²) in [5.74, 6) is -0.204. The van der Waals surface area contributed by atoms with Crippen molar-refractivity contribution in [2.45, 2.75) is 20.4 Å². The van der Waals surface area contributed by atoms with Crippen LogP contribution in [-0.2, 0) is 6.54 Å². The third-order valence-corrected chi connectivity index (χ3v) is 3.59. The third kappa shape index (κ3) is 3.57. The Morgan fingerprint density at radius 1 is 1.16 bits per heavy atom. The van der Waals surface area contributed by atoms with Gasteiger partial charge in [0.15, 0.2) is 0 Å². The van der Waals surface area contributed by atoms with Crippen LogP contribution in [0.1, 0.15) is 18.1 Å². The van der Waals surface area contributed by atoms with E-state index in [2.05, 4.69) is 46.8 Å². The van der Waals surface area contributed by atoms with Gasteiger partial charge >= 0.3 is 0 Å². The van der Waals surface area contributed by atoms with Gasteiger partial charge in [0, 0.05) is 23.2 Å². The highest BCUT2D eigenvalue weighted by Gasteiger charge is 2.08. The highest BCUT2D eigenvalue weighted by atomic mass is 79.9. The lowest BCUT2D eigenvalue weighted by atomic mass is 10.1. The molecule has 0 saturated heterocycles. The van der Waals surface area contributed by atoms with Crippen LogP contribution in [0.15, 0.2) is 46.9 Å². The highest BCUT2D eigenvalue weighted by Crippen LogP contribution is 2.23. The Bertz CT molecular complexity index is 548. The molecule has 0 aromatic heterocycles. The number of hydrogen-bond donors (Lipinski definition) is 0. The molecular formula is C16H17BrFN. The maximum Gasteiger partial charge on any atom is 0.124 e. The summed E-state index contributed by atoms with van der Waals surface area (Å²) in [6.45, 7) is 5.80. The molecule has 0 fully saturated rings. The maximum atomic E-state index is 13.4. The topological polar surface area (TPSA) is 3.24 Å². The number of anilines is 1. The smallest absolute Gasteiger partial charge is 0.124 e. The van der Waals surface area contributed by atoms with Crippen molar-refractivity contribution in [2.24, 2.45) is 0 Å². The fraction of sp³-hybridized carbons (Fsp3) is 0.250. The quantitative estimate of drug-likeness (QED) is 0.772. The van der Waals surface area contributed by atoms with E-state index in [-0.39, 0.29) is 5.82 Å². The van der Waals surface area contributed by atoms with Gasteiger partial charge in [-0.3, -0.25) is 0 Å². The van der Waals surface area contributed by atoms with Gasteiger partial charge in [-0.15, -0.1) is 0 Å². The molecule has 2 aromatic carbocycles. The second-order valence-corrected chi connectivity index (χ2v) is 5.49. The molecule has 0 heterocycles. The number of nitrogens with zero attached hydrogens (tertiary/aromatic N) is 1. The van der Waals surface area contributed by atoms with Crippen molar-refractivity contribution in [1.82, 2.24) is 0 Å². The molecule has 0 bridgehead atoms. The SMILES string of the molecule is CCN(Cc1cc(F)cc(Br)c1)c1ccccc1C. The molecular weight excluding hydrogens is 305 g/mol. The van der Waals surface area contributed by atoms with Gasteiger partial charge < -0.3 is 4.90 Å². The Hall–Kier alpha value is -1.35. The third-order valence-electron chi connectivity index (χ3n) is 3.13. The van der Waals surface area contributed by atoms with Crippen LogP contribution in [0, 0.1) is 12.7 Å². The average Bonchev–Trinajstić information content (AvgIpc) is 2.36. The Kier molecular flexibility index (Phi) is 4.59. The second kappa shape index (κ2) is 6.20. The maximum absolute atomic E-state index is 13.4. The minimum absolute atomic E-state index is 0.204. The molecule has 0 amide bonds. The lowest BCUT2D eigenvalue weighted by Gasteiger charge is -2.25. The molecule has 0 saturated carbocycles. The van der Waals surface area contributed by atoms with Crippen molar-refractivity contribution in [3.8, 4) is 0 Å². The molecule has 0 aliphatic rings. The molecule has 3 heteroatoms. The molecule has 0 radical (unpaired) electrons. The monoisotopic (exact) mass is 321 g/mol. The van der Waals surface area contributed by atoms with Crippen LogP contribution in [0.4, 0.5) is 10.1 Å². The summed E-state index contributed by atoms with van der Waals surface area (Å²) in [5.41, 5.74) is 3.40. The molecule has 2 rings (SSSR count). The summed E-state index contributed by atoms with van der Waals surface area (Å²) in [5, 5.41) is 0. The Balaban J connectivity index is 2.26. The molecule has 1 nitrogen and oxygen atoms in total. The van der Waals surface area contributed by atoms with Crippen LogP contribution in [0.5, 0.6) is 0 Å². The minimum atomic E-state index is -0.204. The van der Waals surface area contributed by atoms with Crippen LogP contribution in [0.25, 0.3) is 0 Å². The fourth-order valence-corrected chi connectivity index (χ4v) is 2.72. The summed E-state index contributed by atoms with van der Waals surface area (Å²) in [6, 6.07) is 13.3. The van der Waals surface area contributed by atoms with E-state index < -0.39 is 0 Å². The molecule has 0 N–H and O–H groups in total. The first-order valence-corrected chi connectivity index (χ1v) is 7.15. The highest BCUT2D eigenvalue weighted by molar-refractivity contribution is 9.10. The first-order valence-electron chi connectivity index (χ1n) is 6.35. The number of hydrogen-bond acceptors (Lipinski definition) is 1. The molecule has 19 heavy (non-hydrogen) atoms. The number of rotatable bonds is 4. The van der Waals surface area contributed by atoms with Crippen molar-refractivity contribution in [3.05, 3.63) is 63.9 Å². The lowest BCUT2D eigenvalue weighted by Crippen LogP contribution is -2.22. The van der Waals surface area contributed by atoms with Gasteiger partial charge in [0.25, 0.3) is 0 Å². The van der Waals surface area contributed by atoms with E-state index in [4.69, 9.17) is 0 Å². The number of halogens is 2. The summed E-state index contributed by atoms with van der Waals surface area (Å²) in [7, 11) is 0. The van der Waals surface area contributed by atoms with Crippen LogP contribution in [0.3, 0.4) is 0 Å². The molecule has 0 aliphatic heterocycles. The molecule has 2 aromatic rings. The largest absolute Gasteiger partial charge is 0.367 e. The average molecular weight is 322 g/mol. The van der Waals surface area contributed by atoms with Gasteiger partial charge in [0.05, 0.1) is 0 Å². The van der Waals surface area contributed by atoms with Crippen molar-refractivity contribution in [3.63, 3.8) is 0 Å². The predicted molar refractivity (Wildman–Crippen MR) is 82.0 cm³/mol. The molecule has 0 unspecified atom stereocenters. The van der Waals surface area contributed by atoms with Gasteiger partial charge in [-0.05, 0) is 49.2 Å². The van der Waals surface area contributed by atoms with Gasteiger partial charge in [-0.25, -0.2) is 4.39 Å². The molecule has 0 atom stereocenters. The Morgan fingerprint density at radius 2 is 1.89 bits per heavy atom.